The van der Waals surface area contributed by atoms with Crippen LogP contribution in [-0.2, 0) is 23.9 Å². The molecule has 2 aromatic carbocycles. The summed E-state index contributed by atoms with van der Waals surface area (Å²) in [5.41, 5.74) is 5.33. The molecule has 0 saturated carbocycles. The molecule has 1 heterocycles. The minimum absolute atomic E-state index is 0.120. The highest BCUT2D eigenvalue weighted by Crippen LogP contribution is 2.30. The van der Waals surface area contributed by atoms with Crippen LogP contribution in [0.5, 0.6) is 11.5 Å². The fraction of sp³-hybridized carbons (Fsp3) is 0.556. The molecule has 0 amide bonds. The smallest absolute Gasteiger partial charge is 0.123 e. The van der Waals surface area contributed by atoms with Crippen LogP contribution in [0.15, 0.2) is 36.4 Å². The molecule has 170 valence electrons. The minimum Gasteiger partial charge on any atom is -0.490 e. The lowest BCUT2D eigenvalue weighted by Gasteiger charge is -2.22. The molecule has 0 radical (unpaired) electrons. The highest BCUT2D eigenvalue weighted by Gasteiger charge is 2.18. The zero-order chi connectivity index (χ0) is 22.5. The highest BCUT2D eigenvalue weighted by molar-refractivity contribution is 5.41. The summed E-state index contributed by atoms with van der Waals surface area (Å²) in [6.45, 7) is 18.1. The average molecular weight is 425 g/mol. The molecular weight excluding hydrogens is 384 g/mol. The number of rotatable bonds is 0. The standard InChI is InChI=1S/C27H40N2O2/c1-26(2,3)22-8-10-24-20(16-22)18-28-12-7-13-29-19-21-17-23(27(4,5)6)9-11-25(21)31-15-14-30-24/h8-11,16-17,28-29H,7,12-15,18-19H2,1-6H3. The second kappa shape index (κ2) is 10.1. The van der Waals surface area contributed by atoms with Crippen LogP contribution in [0.1, 0.15) is 70.2 Å². The minimum atomic E-state index is 0.120. The van der Waals surface area contributed by atoms with Gasteiger partial charge in [0.25, 0.3) is 0 Å². The van der Waals surface area contributed by atoms with E-state index in [1.165, 1.54) is 22.3 Å². The van der Waals surface area contributed by atoms with Gasteiger partial charge in [0.15, 0.2) is 0 Å². The van der Waals surface area contributed by atoms with Gasteiger partial charge in [0.1, 0.15) is 24.7 Å². The van der Waals surface area contributed by atoms with Crippen LogP contribution in [0.25, 0.3) is 0 Å². The Morgan fingerprint density at radius 1 is 0.645 bits per heavy atom. The molecule has 2 N–H and O–H groups in total. The third kappa shape index (κ3) is 6.72. The summed E-state index contributed by atoms with van der Waals surface area (Å²) in [5.74, 6) is 1.89. The third-order valence-corrected chi connectivity index (χ3v) is 5.79. The normalized spacial score (nSPS) is 16.7. The largest absolute Gasteiger partial charge is 0.490 e. The summed E-state index contributed by atoms with van der Waals surface area (Å²) in [6.07, 6.45) is 1.07. The lowest BCUT2D eigenvalue weighted by molar-refractivity contribution is 0.214. The Morgan fingerprint density at radius 3 is 1.45 bits per heavy atom. The van der Waals surface area contributed by atoms with E-state index in [0.717, 1.165) is 44.1 Å². The van der Waals surface area contributed by atoms with Crippen molar-refractivity contribution < 1.29 is 9.47 Å². The molecule has 1 aliphatic heterocycles. The molecule has 31 heavy (non-hydrogen) atoms. The molecule has 0 bridgehead atoms. The van der Waals surface area contributed by atoms with Gasteiger partial charge in [-0.2, -0.15) is 0 Å². The Labute approximate surface area is 188 Å². The van der Waals surface area contributed by atoms with Crippen LogP contribution in [0.3, 0.4) is 0 Å². The molecular formula is C27H40N2O2. The van der Waals surface area contributed by atoms with Gasteiger partial charge < -0.3 is 20.1 Å². The first-order valence-corrected chi connectivity index (χ1v) is 11.6. The molecule has 0 aliphatic carbocycles. The van der Waals surface area contributed by atoms with Crippen LogP contribution in [0, 0.1) is 0 Å². The number of ether oxygens (including phenoxy) is 2. The number of benzene rings is 2. The van der Waals surface area contributed by atoms with Crippen molar-refractivity contribution in [3.63, 3.8) is 0 Å². The average Bonchev–Trinajstić information content (AvgIpc) is 2.70. The first kappa shape index (κ1) is 23.6. The predicted molar refractivity (Wildman–Crippen MR) is 129 cm³/mol. The molecule has 0 saturated heterocycles. The molecule has 4 heteroatoms. The van der Waals surface area contributed by atoms with Crippen molar-refractivity contribution in [1.82, 2.24) is 10.6 Å². The molecule has 0 atom stereocenters. The Balaban J connectivity index is 1.77. The van der Waals surface area contributed by atoms with Gasteiger partial charge in [-0.15, -0.1) is 0 Å². The maximum atomic E-state index is 6.14. The van der Waals surface area contributed by atoms with Crippen LogP contribution in [-0.4, -0.2) is 26.3 Å². The van der Waals surface area contributed by atoms with Gasteiger partial charge in [0, 0.05) is 24.2 Å². The van der Waals surface area contributed by atoms with E-state index in [-0.39, 0.29) is 10.8 Å². The molecule has 3 rings (SSSR count). The zero-order valence-electron chi connectivity index (χ0n) is 20.2. The molecule has 0 spiro atoms. The van der Waals surface area contributed by atoms with Crippen LogP contribution >= 0.6 is 0 Å². The fourth-order valence-corrected chi connectivity index (χ4v) is 3.74. The first-order chi connectivity index (χ1) is 14.6. The summed E-state index contributed by atoms with van der Waals surface area (Å²) in [6, 6.07) is 13.1. The van der Waals surface area contributed by atoms with Gasteiger partial charge >= 0.3 is 0 Å². The second-order valence-electron chi connectivity index (χ2n) is 10.5. The lowest BCUT2D eigenvalue weighted by Crippen LogP contribution is -2.22. The molecule has 1 aliphatic rings. The van der Waals surface area contributed by atoms with Crippen molar-refractivity contribution in [2.75, 3.05) is 26.3 Å². The van der Waals surface area contributed by atoms with Gasteiger partial charge in [-0.25, -0.2) is 0 Å². The van der Waals surface area contributed by atoms with E-state index in [2.05, 4.69) is 88.6 Å². The first-order valence-electron chi connectivity index (χ1n) is 11.6. The van der Waals surface area contributed by atoms with Crippen molar-refractivity contribution in [2.24, 2.45) is 0 Å². The van der Waals surface area contributed by atoms with Crippen molar-refractivity contribution in [3.8, 4) is 11.5 Å². The summed E-state index contributed by atoms with van der Waals surface area (Å²) in [5, 5.41) is 7.17. The van der Waals surface area contributed by atoms with Gasteiger partial charge in [0.05, 0.1) is 0 Å². The quantitative estimate of drug-likeness (QED) is 0.600. The van der Waals surface area contributed by atoms with Crippen LogP contribution in [0.2, 0.25) is 0 Å². The van der Waals surface area contributed by atoms with Gasteiger partial charge in [-0.05, 0) is 53.6 Å². The van der Waals surface area contributed by atoms with Gasteiger partial charge in [0.2, 0.25) is 0 Å². The SMILES string of the molecule is CC(C)(C)c1ccc2c(c1)CNCCCNCc1cc(C(C)(C)C)ccc1OCCO2. The molecule has 0 unspecified atom stereocenters. The number of fused-ring (bicyclic) bond motifs is 2. The van der Waals surface area contributed by atoms with E-state index in [1.54, 1.807) is 0 Å². The molecule has 0 fully saturated rings. The maximum Gasteiger partial charge on any atom is 0.123 e. The van der Waals surface area contributed by atoms with Crippen molar-refractivity contribution in [1.29, 1.82) is 0 Å². The van der Waals surface area contributed by atoms with Crippen LogP contribution < -0.4 is 20.1 Å². The number of nitrogens with one attached hydrogen (secondary N) is 2. The lowest BCUT2D eigenvalue weighted by atomic mass is 9.86. The maximum absolute atomic E-state index is 6.14. The summed E-state index contributed by atoms with van der Waals surface area (Å²) in [7, 11) is 0. The fourth-order valence-electron chi connectivity index (χ4n) is 3.74. The Kier molecular flexibility index (Phi) is 7.66. The van der Waals surface area contributed by atoms with E-state index < -0.39 is 0 Å². The predicted octanol–water partition coefficient (Wildman–Crippen LogP) is 5.32. The Bertz CT molecular complexity index is 791. The Morgan fingerprint density at radius 2 is 1.06 bits per heavy atom. The molecule has 2 aromatic rings. The summed E-state index contributed by atoms with van der Waals surface area (Å²) >= 11 is 0. The van der Waals surface area contributed by atoms with Crippen molar-refractivity contribution in [3.05, 3.63) is 58.7 Å². The summed E-state index contributed by atoms with van der Waals surface area (Å²) in [4.78, 5) is 0. The van der Waals surface area contributed by atoms with E-state index in [4.69, 9.17) is 9.47 Å². The zero-order valence-corrected chi connectivity index (χ0v) is 20.2. The van der Waals surface area contributed by atoms with Gasteiger partial charge in [-0.3, -0.25) is 0 Å². The number of hydrogen-bond donors (Lipinski definition) is 2. The Hall–Kier alpha value is -2.04. The van der Waals surface area contributed by atoms with E-state index >= 15 is 0 Å². The van der Waals surface area contributed by atoms with Crippen molar-refractivity contribution >= 4 is 0 Å². The topological polar surface area (TPSA) is 42.5 Å². The third-order valence-electron chi connectivity index (χ3n) is 5.79. The van der Waals surface area contributed by atoms with Gasteiger partial charge in [-0.1, -0.05) is 65.8 Å². The van der Waals surface area contributed by atoms with Crippen LogP contribution in [0.4, 0.5) is 0 Å². The number of hydrogen-bond acceptors (Lipinski definition) is 4. The second-order valence-corrected chi connectivity index (χ2v) is 10.5. The van der Waals surface area contributed by atoms with Crippen molar-refractivity contribution in [2.45, 2.75) is 71.9 Å². The van der Waals surface area contributed by atoms with E-state index in [0.29, 0.717) is 13.2 Å². The summed E-state index contributed by atoms with van der Waals surface area (Å²) < 4.78 is 12.3. The van der Waals surface area contributed by atoms with E-state index in [1.807, 2.05) is 0 Å². The molecule has 0 aromatic heterocycles. The van der Waals surface area contributed by atoms with E-state index in [9.17, 15) is 0 Å². The monoisotopic (exact) mass is 424 g/mol. The highest BCUT2D eigenvalue weighted by atomic mass is 16.5. The molecule has 4 nitrogen and oxygen atoms in total.